The zero-order valence-electron chi connectivity index (χ0n) is 20.5. The Morgan fingerprint density at radius 2 is 1.75 bits per heavy atom. The van der Waals surface area contributed by atoms with Crippen LogP contribution in [0.4, 0.5) is 0 Å². The van der Waals surface area contributed by atoms with Gasteiger partial charge in [0.1, 0.15) is 11.9 Å². The highest BCUT2D eigenvalue weighted by Crippen LogP contribution is 2.34. The summed E-state index contributed by atoms with van der Waals surface area (Å²) in [7, 11) is 2.23. The van der Waals surface area contributed by atoms with Crippen LogP contribution in [0.25, 0.3) is 0 Å². The lowest BCUT2D eigenvalue weighted by molar-refractivity contribution is 0.111. The summed E-state index contributed by atoms with van der Waals surface area (Å²) in [5.41, 5.74) is 5.65. The number of ether oxygens (including phenoxy) is 1. The van der Waals surface area contributed by atoms with E-state index < -0.39 is 0 Å². The molecule has 0 aromatic rings. The van der Waals surface area contributed by atoms with Gasteiger partial charge in [0.15, 0.2) is 0 Å². The van der Waals surface area contributed by atoms with Crippen LogP contribution in [0.1, 0.15) is 90.4 Å². The van der Waals surface area contributed by atoms with Gasteiger partial charge in [-0.25, -0.2) is 0 Å². The Morgan fingerprint density at radius 1 is 0.938 bits per heavy atom. The quantitative estimate of drug-likeness (QED) is 0.309. The minimum Gasteiger partial charge on any atom is -0.489 e. The van der Waals surface area contributed by atoms with Crippen molar-refractivity contribution in [2.45, 2.75) is 96.5 Å². The standard InChI is InChI=1S/C30H43NO/c1-3-4-6-19-28-21-22-31(2)29-20-11-18-27(23-30(29)32-28)26-16-9-14-25(15-10-17-26)24-12-7-5-8-13-24/h9,11,15-18,23-24,28H,3-8,10,12-14,19-22H2,1-2H3/b16-9-,25-15+,26-17+. The number of hydrogen-bond donors (Lipinski definition) is 0. The van der Waals surface area contributed by atoms with E-state index >= 15 is 0 Å². The Kier molecular flexibility index (Phi) is 8.54. The first-order valence-electron chi connectivity index (χ1n) is 13.3. The average Bonchev–Trinajstić information content (AvgIpc) is 3.08. The van der Waals surface area contributed by atoms with Crippen molar-refractivity contribution in [3.63, 3.8) is 0 Å². The molecule has 4 rings (SSSR count). The van der Waals surface area contributed by atoms with E-state index in [4.69, 9.17) is 4.74 Å². The van der Waals surface area contributed by atoms with Crippen LogP contribution < -0.4 is 0 Å². The molecule has 2 nitrogen and oxygen atoms in total. The highest BCUT2D eigenvalue weighted by atomic mass is 16.5. The molecule has 2 heteroatoms. The third kappa shape index (κ3) is 6.09. The van der Waals surface area contributed by atoms with Crippen LogP contribution in [0.15, 0.2) is 70.7 Å². The van der Waals surface area contributed by atoms with Crippen LogP contribution >= 0.6 is 0 Å². The molecule has 1 aliphatic heterocycles. The van der Waals surface area contributed by atoms with Crippen molar-refractivity contribution >= 4 is 0 Å². The fraction of sp³-hybridized carbons (Fsp3) is 0.600. The van der Waals surface area contributed by atoms with Crippen molar-refractivity contribution in [3.8, 4) is 0 Å². The van der Waals surface area contributed by atoms with Crippen molar-refractivity contribution in [3.05, 3.63) is 70.7 Å². The van der Waals surface area contributed by atoms with E-state index in [-0.39, 0.29) is 0 Å². The molecule has 174 valence electrons. The van der Waals surface area contributed by atoms with Gasteiger partial charge in [0.25, 0.3) is 0 Å². The summed E-state index contributed by atoms with van der Waals surface area (Å²) >= 11 is 0. The lowest BCUT2D eigenvalue weighted by Crippen LogP contribution is -2.20. The lowest BCUT2D eigenvalue weighted by atomic mass is 9.81. The number of rotatable bonds is 6. The molecular formula is C30H43NO. The van der Waals surface area contributed by atoms with Gasteiger partial charge in [-0.15, -0.1) is 0 Å². The van der Waals surface area contributed by atoms with E-state index in [1.165, 1.54) is 74.6 Å². The minimum atomic E-state index is 0.343. The van der Waals surface area contributed by atoms with Gasteiger partial charge in [-0.05, 0) is 61.7 Å². The first kappa shape index (κ1) is 23.2. The van der Waals surface area contributed by atoms with E-state index in [2.05, 4.69) is 61.4 Å². The zero-order chi connectivity index (χ0) is 22.2. The molecule has 0 N–H and O–H groups in total. The average molecular weight is 434 g/mol. The fourth-order valence-electron chi connectivity index (χ4n) is 5.66. The number of unbranched alkanes of at least 4 members (excludes halogenated alkanes) is 2. The molecule has 3 aliphatic carbocycles. The Bertz CT molecular complexity index is 816. The largest absolute Gasteiger partial charge is 0.489 e. The summed E-state index contributed by atoms with van der Waals surface area (Å²) < 4.78 is 6.64. The minimum absolute atomic E-state index is 0.343. The van der Waals surface area contributed by atoms with Crippen LogP contribution in [0.3, 0.4) is 0 Å². The van der Waals surface area contributed by atoms with E-state index in [9.17, 15) is 0 Å². The highest BCUT2D eigenvalue weighted by Gasteiger charge is 2.23. The van der Waals surface area contributed by atoms with E-state index in [1.807, 2.05) is 0 Å². The molecule has 0 spiro atoms. The molecule has 1 atom stereocenters. The van der Waals surface area contributed by atoms with Crippen LogP contribution in [0, 0.1) is 5.92 Å². The van der Waals surface area contributed by atoms with Crippen LogP contribution in [-0.4, -0.2) is 24.6 Å². The van der Waals surface area contributed by atoms with Crippen LogP contribution in [0.5, 0.6) is 0 Å². The van der Waals surface area contributed by atoms with Gasteiger partial charge in [-0.2, -0.15) is 0 Å². The molecular weight excluding hydrogens is 390 g/mol. The Balaban J connectivity index is 1.51. The van der Waals surface area contributed by atoms with E-state index in [0.717, 1.165) is 43.9 Å². The third-order valence-corrected chi connectivity index (χ3v) is 7.68. The highest BCUT2D eigenvalue weighted by molar-refractivity contribution is 5.51. The smallest absolute Gasteiger partial charge is 0.139 e. The van der Waals surface area contributed by atoms with E-state index in [1.54, 1.807) is 5.57 Å². The maximum absolute atomic E-state index is 6.64. The van der Waals surface area contributed by atoms with Crippen molar-refractivity contribution in [1.29, 1.82) is 0 Å². The normalized spacial score (nSPS) is 29.2. The summed E-state index contributed by atoms with van der Waals surface area (Å²) in [5, 5.41) is 0. The number of nitrogens with zero attached hydrogens (tertiary/aromatic N) is 1. The Morgan fingerprint density at radius 3 is 2.59 bits per heavy atom. The summed E-state index contributed by atoms with van der Waals surface area (Å²) in [6.45, 7) is 3.36. The summed E-state index contributed by atoms with van der Waals surface area (Å²) in [4.78, 5) is 2.42. The van der Waals surface area contributed by atoms with Gasteiger partial charge >= 0.3 is 0 Å². The zero-order valence-corrected chi connectivity index (χ0v) is 20.5. The molecule has 0 amide bonds. The van der Waals surface area contributed by atoms with Crippen molar-refractivity contribution in [2.24, 2.45) is 5.92 Å². The summed E-state index contributed by atoms with van der Waals surface area (Å²) in [6, 6.07) is 0. The maximum Gasteiger partial charge on any atom is 0.139 e. The monoisotopic (exact) mass is 433 g/mol. The van der Waals surface area contributed by atoms with Crippen molar-refractivity contribution in [1.82, 2.24) is 4.90 Å². The van der Waals surface area contributed by atoms with Gasteiger partial charge in [-0.1, -0.05) is 81.1 Å². The fourth-order valence-corrected chi connectivity index (χ4v) is 5.66. The summed E-state index contributed by atoms with van der Waals surface area (Å²) in [5.74, 6) is 1.92. The van der Waals surface area contributed by atoms with Gasteiger partial charge < -0.3 is 9.64 Å². The van der Waals surface area contributed by atoms with Gasteiger partial charge in [0.2, 0.25) is 0 Å². The first-order chi connectivity index (χ1) is 15.7. The second-order valence-electron chi connectivity index (χ2n) is 10.1. The number of allylic oxidation sites excluding steroid dienone is 10. The molecule has 0 radical (unpaired) electrons. The topological polar surface area (TPSA) is 12.5 Å². The summed E-state index contributed by atoms with van der Waals surface area (Å²) in [6.07, 6.45) is 33.3. The van der Waals surface area contributed by atoms with Crippen LogP contribution in [-0.2, 0) is 4.74 Å². The number of hydrogen-bond acceptors (Lipinski definition) is 2. The predicted molar refractivity (Wildman–Crippen MR) is 136 cm³/mol. The Hall–Kier alpha value is -1.96. The predicted octanol–water partition coefficient (Wildman–Crippen LogP) is 8.17. The molecule has 1 saturated carbocycles. The molecule has 0 saturated heterocycles. The Labute approximate surface area is 196 Å². The van der Waals surface area contributed by atoms with Gasteiger partial charge in [-0.3, -0.25) is 0 Å². The second kappa shape index (κ2) is 11.8. The molecule has 4 aliphatic rings. The van der Waals surface area contributed by atoms with Crippen molar-refractivity contribution in [2.75, 3.05) is 13.6 Å². The van der Waals surface area contributed by atoms with E-state index in [0.29, 0.717) is 6.10 Å². The molecule has 0 bridgehead atoms. The van der Waals surface area contributed by atoms with Crippen molar-refractivity contribution < 1.29 is 4.74 Å². The third-order valence-electron chi connectivity index (χ3n) is 7.68. The SMILES string of the molecule is CCCCCC1CCN(C)C2=C(C=C(C3=C/C/C=C(/C4CCCCC4)C/C=C\3)C=CC2)O1. The molecule has 1 fully saturated rings. The van der Waals surface area contributed by atoms with Gasteiger partial charge in [0.05, 0.1) is 5.70 Å². The molecule has 0 aromatic heterocycles. The lowest BCUT2D eigenvalue weighted by Gasteiger charge is -2.24. The second-order valence-corrected chi connectivity index (χ2v) is 10.1. The first-order valence-corrected chi connectivity index (χ1v) is 13.3. The molecule has 1 unspecified atom stereocenters. The molecule has 1 heterocycles. The molecule has 32 heavy (non-hydrogen) atoms. The molecule has 0 aromatic carbocycles. The van der Waals surface area contributed by atoms with Gasteiger partial charge in [0, 0.05) is 26.4 Å². The van der Waals surface area contributed by atoms with Crippen LogP contribution in [0.2, 0.25) is 0 Å². The maximum atomic E-state index is 6.64.